The molecule has 0 aromatic heterocycles. The number of nitrogens with one attached hydrogen (secondary N) is 1. The largest absolute Gasteiger partial charge is 0.416 e. The minimum absolute atomic E-state index is 0.0681. The zero-order chi connectivity index (χ0) is 13.9. The highest BCUT2D eigenvalue weighted by Crippen LogP contribution is 2.50. The summed E-state index contributed by atoms with van der Waals surface area (Å²) >= 11 is 0. The molecule has 1 aromatic rings. The minimum Gasteiger partial charge on any atom is -0.383 e. The first-order chi connectivity index (χ1) is 8.72. The first-order valence-corrected chi connectivity index (χ1v) is 7.55. The third kappa shape index (κ3) is 2.20. The summed E-state index contributed by atoms with van der Waals surface area (Å²) in [6.45, 7) is 0.505. The van der Waals surface area contributed by atoms with E-state index in [2.05, 4.69) is 5.32 Å². The van der Waals surface area contributed by atoms with E-state index in [9.17, 15) is 21.6 Å². The van der Waals surface area contributed by atoms with Gasteiger partial charge in [0.2, 0.25) is 0 Å². The van der Waals surface area contributed by atoms with Gasteiger partial charge in [-0.3, -0.25) is 0 Å². The average molecular weight is 291 g/mol. The average Bonchev–Trinajstić information content (AvgIpc) is 3.05. The van der Waals surface area contributed by atoms with Gasteiger partial charge < -0.3 is 5.32 Å². The number of hydrogen-bond donors (Lipinski definition) is 1. The minimum atomic E-state index is -4.53. The zero-order valence-electron chi connectivity index (χ0n) is 9.92. The fraction of sp³-hybridized carbons (Fsp3) is 0.500. The van der Waals surface area contributed by atoms with Gasteiger partial charge >= 0.3 is 6.18 Å². The summed E-state index contributed by atoms with van der Waals surface area (Å²) in [6, 6.07) is 2.85. The van der Waals surface area contributed by atoms with Crippen LogP contribution in [0.2, 0.25) is 0 Å². The van der Waals surface area contributed by atoms with Gasteiger partial charge in [0.1, 0.15) is 0 Å². The summed E-state index contributed by atoms with van der Waals surface area (Å²) in [7, 11) is -3.67. The van der Waals surface area contributed by atoms with Crippen LogP contribution in [0.4, 0.5) is 18.9 Å². The second kappa shape index (κ2) is 3.65. The van der Waals surface area contributed by atoms with Crippen LogP contribution in [-0.2, 0) is 16.0 Å². The van der Waals surface area contributed by atoms with Crippen molar-refractivity contribution in [1.29, 1.82) is 0 Å². The molecule has 1 fully saturated rings. The quantitative estimate of drug-likeness (QED) is 0.799. The Balaban J connectivity index is 2.11. The maximum absolute atomic E-state index is 12.7. The van der Waals surface area contributed by atoms with Crippen LogP contribution in [0.5, 0.6) is 0 Å². The molecule has 0 amide bonds. The Hall–Kier alpha value is -1.24. The molecule has 1 saturated carbocycles. The van der Waals surface area contributed by atoms with Crippen LogP contribution in [0.15, 0.2) is 23.1 Å². The van der Waals surface area contributed by atoms with E-state index < -0.39 is 21.6 Å². The van der Waals surface area contributed by atoms with E-state index >= 15 is 0 Å². The number of rotatable bonds is 0. The molecule has 0 radical (unpaired) electrons. The molecule has 3 rings (SSSR count). The van der Waals surface area contributed by atoms with Crippen molar-refractivity contribution in [2.24, 2.45) is 5.41 Å². The molecule has 2 aliphatic rings. The number of anilines is 1. The molecule has 0 atom stereocenters. The number of halogens is 3. The molecule has 1 aliphatic heterocycles. The fourth-order valence-corrected chi connectivity index (χ4v) is 4.55. The van der Waals surface area contributed by atoms with Crippen LogP contribution in [0.25, 0.3) is 0 Å². The molecular formula is C12H12F3NO2S. The first-order valence-electron chi connectivity index (χ1n) is 5.90. The molecule has 3 nitrogen and oxygen atoms in total. The highest BCUT2D eigenvalue weighted by Gasteiger charge is 2.48. The maximum atomic E-state index is 12.7. The van der Waals surface area contributed by atoms with E-state index in [1.54, 1.807) is 0 Å². The highest BCUT2D eigenvalue weighted by atomic mass is 32.2. The van der Waals surface area contributed by atoms with E-state index in [0.29, 0.717) is 6.54 Å². The first kappa shape index (κ1) is 12.8. The Morgan fingerprint density at radius 1 is 1.21 bits per heavy atom. The molecule has 1 heterocycles. The zero-order valence-corrected chi connectivity index (χ0v) is 10.7. The Kier molecular flexibility index (Phi) is 2.46. The lowest BCUT2D eigenvalue weighted by molar-refractivity contribution is -0.137. The van der Waals surface area contributed by atoms with Crippen molar-refractivity contribution in [1.82, 2.24) is 0 Å². The number of benzene rings is 1. The molecule has 1 N–H and O–H groups in total. The second-order valence-electron chi connectivity index (χ2n) is 5.32. The van der Waals surface area contributed by atoms with E-state index in [1.807, 2.05) is 0 Å². The van der Waals surface area contributed by atoms with Gasteiger partial charge in [0.05, 0.1) is 21.9 Å². The monoisotopic (exact) mass is 291 g/mol. The second-order valence-corrected chi connectivity index (χ2v) is 7.28. The summed E-state index contributed by atoms with van der Waals surface area (Å²) in [5, 5.41) is 2.97. The van der Waals surface area contributed by atoms with Crippen LogP contribution >= 0.6 is 0 Å². The molecular weight excluding hydrogens is 279 g/mol. The lowest BCUT2D eigenvalue weighted by Crippen LogP contribution is -2.20. The predicted octanol–water partition coefficient (Wildman–Crippen LogP) is 2.68. The van der Waals surface area contributed by atoms with Crippen molar-refractivity contribution in [3.05, 3.63) is 23.8 Å². The molecule has 0 unspecified atom stereocenters. The molecule has 1 aromatic carbocycles. The van der Waals surface area contributed by atoms with Gasteiger partial charge in [0.15, 0.2) is 9.84 Å². The standard InChI is InChI=1S/C12H12F3NO2S/c13-12(14,15)8-1-2-9-10(5-8)19(17,18)7-11(3-4-11)6-16-9/h1-2,5,16H,3-4,6-7H2. The Morgan fingerprint density at radius 2 is 1.89 bits per heavy atom. The Morgan fingerprint density at radius 3 is 2.47 bits per heavy atom. The van der Waals surface area contributed by atoms with Crippen molar-refractivity contribution in [3.8, 4) is 0 Å². The van der Waals surface area contributed by atoms with Crippen molar-refractivity contribution < 1.29 is 21.6 Å². The van der Waals surface area contributed by atoms with E-state index in [-0.39, 0.29) is 21.8 Å². The fourth-order valence-electron chi connectivity index (χ4n) is 2.41. The summed E-state index contributed by atoms with van der Waals surface area (Å²) in [5.74, 6) is -0.0681. The van der Waals surface area contributed by atoms with Crippen molar-refractivity contribution >= 4 is 15.5 Å². The molecule has 7 heteroatoms. The van der Waals surface area contributed by atoms with Gasteiger partial charge in [-0.15, -0.1) is 0 Å². The van der Waals surface area contributed by atoms with Crippen LogP contribution in [0, 0.1) is 5.41 Å². The van der Waals surface area contributed by atoms with E-state index in [1.165, 1.54) is 6.07 Å². The van der Waals surface area contributed by atoms with Crippen LogP contribution in [0.1, 0.15) is 18.4 Å². The third-order valence-electron chi connectivity index (χ3n) is 3.75. The van der Waals surface area contributed by atoms with Gasteiger partial charge in [-0.2, -0.15) is 13.2 Å². The molecule has 104 valence electrons. The van der Waals surface area contributed by atoms with E-state index in [0.717, 1.165) is 25.0 Å². The molecule has 0 bridgehead atoms. The predicted molar refractivity (Wildman–Crippen MR) is 63.7 cm³/mol. The number of fused-ring (bicyclic) bond motifs is 1. The topological polar surface area (TPSA) is 46.2 Å². The summed E-state index contributed by atoms with van der Waals surface area (Å²) in [4.78, 5) is -0.230. The molecule has 0 saturated heterocycles. The normalized spacial score (nSPS) is 23.3. The SMILES string of the molecule is O=S1(=O)CC2(CC2)CNc2ccc(C(F)(F)F)cc21. The van der Waals surface area contributed by atoms with Gasteiger partial charge in [-0.25, -0.2) is 8.42 Å². The summed E-state index contributed by atoms with van der Waals surface area (Å²) < 4.78 is 62.4. The summed E-state index contributed by atoms with van der Waals surface area (Å²) in [6.07, 6.45) is -2.92. The maximum Gasteiger partial charge on any atom is 0.416 e. The Labute approximate surface area is 108 Å². The third-order valence-corrected chi connectivity index (χ3v) is 5.75. The molecule has 19 heavy (non-hydrogen) atoms. The van der Waals surface area contributed by atoms with E-state index in [4.69, 9.17) is 0 Å². The lowest BCUT2D eigenvalue weighted by atomic mass is 10.1. The van der Waals surface area contributed by atoms with Gasteiger partial charge in [-0.1, -0.05) is 0 Å². The molecule has 1 spiro atoms. The van der Waals surface area contributed by atoms with Crippen molar-refractivity contribution in [2.45, 2.75) is 23.9 Å². The van der Waals surface area contributed by atoms with Crippen LogP contribution in [-0.4, -0.2) is 20.7 Å². The smallest absolute Gasteiger partial charge is 0.383 e. The van der Waals surface area contributed by atoms with Gasteiger partial charge in [0.25, 0.3) is 0 Å². The van der Waals surface area contributed by atoms with Crippen molar-refractivity contribution in [2.75, 3.05) is 17.6 Å². The number of hydrogen-bond acceptors (Lipinski definition) is 3. The van der Waals surface area contributed by atoms with Gasteiger partial charge in [-0.05, 0) is 31.0 Å². The van der Waals surface area contributed by atoms with Crippen LogP contribution in [0.3, 0.4) is 0 Å². The lowest BCUT2D eigenvalue weighted by Gasteiger charge is -2.11. The molecule has 1 aliphatic carbocycles. The highest BCUT2D eigenvalue weighted by molar-refractivity contribution is 7.91. The Bertz CT molecular complexity index is 633. The van der Waals surface area contributed by atoms with Crippen molar-refractivity contribution in [3.63, 3.8) is 0 Å². The number of sulfone groups is 1. The van der Waals surface area contributed by atoms with Crippen LogP contribution < -0.4 is 5.32 Å². The summed E-state index contributed by atoms with van der Waals surface area (Å²) in [5.41, 5.74) is -0.934. The number of alkyl halides is 3. The van der Waals surface area contributed by atoms with Gasteiger partial charge in [0, 0.05) is 12.0 Å².